The van der Waals surface area contributed by atoms with Crippen LogP contribution in [0.2, 0.25) is 0 Å². The van der Waals surface area contributed by atoms with Crippen LogP contribution < -0.4 is 0 Å². The van der Waals surface area contributed by atoms with E-state index in [1.807, 2.05) is 0 Å². The van der Waals surface area contributed by atoms with Gasteiger partial charge >= 0.3 is 0 Å². The van der Waals surface area contributed by atoms with E-state index in [2.05, 4.69) is 13.8 Å². The number of halogens is 1. The summed E-state index contributed by atoms with van der Waals surface area (Å²) >= 11 is 5.62. The maximum absolute atomic E-state index is 5.90. The summed E-state index contributed by atoms with van der Waals surface area (Å²) in [5.74, 6) is 0.738. The lowest BCUT2D eigenvalue weighted by molar-refractivity contribution is -0.176. The van der Waals surface area contributed by atoms with E-state index in [1.54, 1.807) is 0 Å². The summed E-state index contributed by atoms with van der Waals surface area (Å²) < 4.78 is 17.1. The highest BCUT2D eigenvalue weighted by Gasteiger charge is 2.21. The second-order valence-electron chi connectivity index (χ2n) is 6.74. The third-order valence-electron chi connectivity index (χ3n) is 3.86. The van der Waals surface area contributed by atoms with Crippen LogP contribution in [0.4, 0.5) is 0 Å². The van der Waals surface area contributed by atoms with Crippen molar-refractivity contribution < 1.29 is 14.2 Å². The molecule has 0 N–H and O–H groups in total. The van der Waals surface area contributed by atoms with Gasteiger partial charge in [-0.15, -0.1) is 11.6 Å². The molecule has 0 aromatic heterocycles. The maximum atomic E-state index is 5.90. The first-order valence-corrected chi connectivity index (χ1v) is 9.04. The molecule has 1 heterocycles. The SMILES string of the molecule is CC(C)(CCCCOCCCCCl)COC1CCCCO1. The zero-order chi connectivity index (χ0) is 15.4. The third-order valence-corrected chi connectivity index (χ3v) is 4.13. The number of rotatable bonds is 12. The number of hydrogen-bond donors (Lipinski definition) is 0. The Hall–Kier alpha value is 0.170. The molecule has 1 atom stereocenters. The van der Waals surface area contributed by atoms with Crippen molar-refractivity contribution in [1.29, 1.82) is 0 Å². The van der Waals surface area contributed by atoms with Crippen LogP contribution >= 0.6 is 11.6 Å². The van der Waals surface area contributed by atoms with Gasteiger partial charge in [-0.05, 0) is 50.4 Å². The molecule has 1 unspecified atom stereocenters. The Morgan fingerprint density at radius 2 is 1.86 bits per heavy atom. The number of unbranched alkanes of at least 4 members (excludes halogenated alkanes) is 2. The Balaban J connectivity index is 1.96. The van der Waals surface area contributed by atoms with Gasteiger partial charge in [0.15, 0.2) is 6.29 Å². The fourth-order valence-corrected chi connectivity index (χ4v) is 2.63. The maximum Gasteiger partial charge on any atom is 0.157 e. The molecule has 1 saturated heterocycles. The average molecular weight is 321 g/mol. The predicted octanol–water partition coefficient (Wildman–Crippen LogP) is 4.76. The first kappa shape index (κ1) is 19.2. The summed E-state index contributed by atoms with van der Waals surface area (Å²) in [6.45, 7) is 7.90. The zero-order valence-corrected chi connectivity index (χ0v) is 14.6. The Morgan fingerprint density at radius 1 is 1.10 bits per heavy atom. The lowest BCUT2D eigenvalue weighted by atomic mass is 9.88. The van der Waals surface area contributed by atoms with Crippen LogP contribution in [0.15, 0.2) is 0 Å². The summed E-state index contributed by atoms with van der Waals surface area (Å²) in [5.41, 5.74) is 0.222. The van der Waals surface area contributed by atoms with Crippen molar-refractivity contribution in [3.05, 3.63) is 0 Å². The number of ether oxygens (including phenoxy) is 3. The molecule has 0 radical (unpaired) electrons. The Kier molecular flexibility index (Phi) is 10.7. The molecule has 1 aliphatic rings. The zero-order valence-electron chi connectivity index (χ0n) is 13.9. The first-order chi connectivity index (χ1) is 10.1. The van der Waals surface area contributed by atoms with Gasteiger partial charge in [0, 0.05) is 25.7 Å². The highest BCUT2D eigenvalue weighted by molar-refractivity contribution is 6.17. The van der Waals surface area contributed by atoms with Crippen LogP contribution in [0.3, 0.4) is 0 Å². The van der Waals surface area contributed by atoms with Gasteiger partial charge in [0.1, 0.15) is 0 Å². The molecule has 126 valence electrons. The second kappa shape index (κ2) is 11.7. The van der Waals surface area contributed by atoms with E-state index in [0.29, 0.717) is 0 Å². The molecule has 0 bridgehead atoms. The van der Waals surface area contributed by atoms with E-state index in [-0.39, 0.29) is 11.7 Å². The molecule has 4 heteroatoms. The molecule has 1 fully saturated rings. The summed E-state index contributed by atoms with van der Waals surface area (Å²) in [7, 11) is 0. The standard InChI is InChI=1S/C17H33ClO3/c1-17(2,15-21-16-9-3-6-14-20-16)10-4-7-12-19-13-8-5-11-18/h16H,3-15H2,1-2H3. The van der Waals surface area contributed by atoms with Crippen LogP contribution in [-0.2, 0) is 14.2 Å². The van der Waals surface area contributed by atoms with Crippen LogP contribution in [0, 0.1) is 5.41 Å². The molecular weight excluding hydrogens is 288 g/mol. The van der Waals surface area contributed by atoms with Crippen molar-refractivity contribution in [2.75, 3.05) is 32.3 Å². The highest BCUT2D eigenvalue weighted by Crippen LogP contribution is 2.25. The van der Waals surface area contributed by atoms with Gasteiger partial charge in [-0.3, -0.25) is 0 Å². The summed E-state index contributed by atoms with van der Waals surface area (Å²) in [6.07, 6.45) is 9.10. The van der Waals surface area contributed by atoms with Crippen molar-refractivity contribution in [3.63, 3.8) is 0 Å². The first-order valence-electron chi connectivity index (χ1n) is 8.51. The smallest absolute Gasteiger partial charge is 0.157 e. The minimum Gasteiger partial charge on any atom is -0.381 e. The molecule has 0 aromatic rings. The molecule has 1 rings (SSSR count). The topological polar surface area (TPSA) is 27.7 Å². The van der Waals surface area contributed by atoms with E-state index >= 15 is 0 Å². The molecule has 0 amide bonds. The van der Waals surface area contributed by atoms with Crippen LogP contribution in [0.5, 0.6) is 0 Å². The van der Waals surface area contributed by atoms with Gasteiger partial charge in [0.25, 0.3) is 0 Å². The average Bonchev–Trinajstić information content (AvgIpc) is 2.49. The van der Waals surface area contributed by atoms with E-state index in [1.165, 1.54) is 25.7 Å². The van der Waals surface area contributed by atoms with Gasteiger partial charge in [0.05, 0.1) is 6.61 Å². The van der Waals surface area contributed by atoms with E-state index < -0.39 is 0 Å². The summed E-state index contributed by atoms with van der Waals surface area (Å²) in [5, 5.41) is 0. The van der Waals surface area contributed by atoms with Crippen molar-refractivity contribution in [2.45, 2.75) is 71.5 Å². The Morgan fingerprint density at radius 3 is 2.52 bits per heavy atom. The molecule has 0 saturated carbocycles. The van der Waals surface area contributed by atoms with Crippen molar-refractivity contribution in [3.8, 4) is 0 Å². The van der Waals surface area contributed by atoms with Gasteiger partial charge in [-0.2, -0.15) is 0 Å². The molecule has 1 aliphatic heterocycles. The minimum atomic E-state index is 0.0308. The van der Waals surface area contributed by atoms with Crippen molar-refractivity contribution in [2.24, 2.45) is 5.41 Å². The molecule has 0 spiro atoms. The largest absolute Gasteiger partial charge is 0.381 e. The van der Waals surface area contributed by atoms with Gasteiger partial charge in [0.2, 0.25) is 0 Å². The Labute approximate surface area is 135 Å². The van der Waals surface area contributed by atoms with Crippen molar-refractivity contribution in [1.82, 2.24) is 0 Å². The number of alkyl halides is 1. The van der Waals surface area contributed by atoms with Crippen LogP contribution in [-0.4, -0.2) is 38.6 Å². The lowest BCUT2D eigenvalue weighted by Gasteiger charge is -2.29. The highest BCUT2D eigenvalue weighted by atomic mass is 35.5. The summed E-state index contributed by atoms with van der Waals surface area (Å²) in [4.78, 5) is 0. The van der Waals surface area contributed by atoms with E-state index in [4.69, 9.17) is 25.8 Å². The predicted molar refractivity (Wildman–Crippen MR) is 87.9 cm³/mol. The van der Waals surface area contributed by atoms with E-state index in [0.717, 1.165) is 58.0 Å². The van der Waals surface area contributed by atoms with E-state index in [9.17, 15) is 0 Å². The monoisotopic (exact) mass is 320 g/mol. The fourth-order valence-electron chi connectivity index (χ4n) is 2.44. The van der Waals surface area contributed by atoms with Gasteiger partial charge in [-0.1, -0.05) is 20.3 Å². The minimum absolute atomic E-state index is 0.0308. The van der Waals surface area contributed by atoms with Gasteiger partial charge in [-0.25, -0.2) is 0 Å². The third kappa shape index (κ3) is 10.5. The Bertz CT molecular complexity index is 240. The lowest BCUT2D eigenvalue weighted by Crippen LogP contribution is -2.28. The molecular formula is C17H33ClO3. The second-order valence-corrected chi connectivity index (χ2v) is 7.11. The van der Waals surface area contributed by atoms with Gasteiger partial charge < -0.3 is 14.2 Å². The number of hydrogen-bond acceptors (Lipinski definition) is 3. The molecule has 3 nitrogen and oxygen atoms in total. The normalized spacial score (nSPS) is 19.9. The van der Waals surface area contributed by atoms with Crippen LogP contribution in [0.25, 0.3) is 0 Å². The summed E-state index contributed by atoms with van der Waals surface area (Å²) in [6, 6.07) is 0. The molecule has 0 aromatic carbocycles. The van der Waals surface area contributed by atoms with Crippen LogP contribution in [0.1, 0.15) is 65.2 Å². The quantitative estimate of drug-likeness (QED) is 0.383. The molecule has 21 heavy (non-hydrogen) atoms. The fraction of sp³-hybridized carbons (Fsp3) is 1.00. The molecule has 0 aliphatic carbocycles. The van der Waals surface area contributed by atoms with Crippen molar-refractivity contribution >= 4 is 11.6 Å².